The number of methoxy groups -OCH3 is 1. The van der Waals surface area contributed by atoms with Crippen molar-refractivity contribution in [2.45, 2.75) is 13.0 Å². The molecular weight excluding hydrogens is 232 g/mol. The molecule has 1 fully saturated rings. The standard InChI is InChI=1S/C13H16N2O3/c1-18-11-5-3-2-4-9(11)7-15-13(17)10-6-12(16)14-8-10/h2-5,10H,6-8H2,1H3,(H,14,16)(H,15,17). The van der Waals surface area contributed by atoms with Gasteiger partial charge in [0.2, 0.25) is 11.8 Å². The van der Waals surface area contributed by atoms with E-state index in [9.17, 15) is 9.59 Å². The Morgan fingerprint density at radius 2 is 2.28 bits per heavy atom. The van der Waals surface area contributed by atoms with Gasteiger partial charge in [0.25, 0.3) is 0 Å². The Hall–Kier alpha value is -2.04. The summed E-state index contributed by atoms with van der Waals surface area (Å²) < 4.78 is 5.20. The third-order valence-electron chi connectivity index (χ3n) is 2.99. The predicted octanol–water partition coefficient (Wildman–Crippen LogP) is 0.447. The van der Waals surface area contributed by atoms with Crippen LogP contribution in [0.1, 0.15) is 12.0 Å². The highest BCUT2D eigenvalue weighted by atomic mass is 16.5. The molecular formula is C13H16N2O3. The second kappa shape index (κ2) is 5.53. The molecule has 2 rings (SSSR count). The molecule has 0 bridgehead atoms. The van der Waals surface area contributed by atoms with Gasteiger partial charge in [0.05, 0.1) is 13.0 Å². The van der Waals surface area contributed by atoms with Gasteiger partial charge in [0.15, 0.2) is 0 Å². The molecule has 1 aliphatic rings. The van der Waals surface area contributed by atoms with Crippen molar-refractivity contribution < 1.29 is 14.3 Å². The van der Waals surface area contributed by atoms with E-state index in [1.165, 1.54) is 0 Å². The molecule has 2 amide bonds. The number of benzene rings is 1. The maximum atomic E-state index is 11.8. The molecule has 18 heavy (non-hydrogen) atoms. The van der Waals surface area contributed by atoms with Gasteiger partial charge in [-0.25, -0.2) is 0 Å². The largest absolute Gasteiger partial charge is 0.496 e. The lowest BCUT2D eigenvalue weighted by molar-refractivity contribution is -0.126. The topological polar surface area (TPSA) is 67.4 Å². The average molecular weight is 248 g/mol. The summed E-state index contributed by atoms with van der Waals surface area (Å²) in [5.41, 5.74) is 0.922. The summed E-state index contributed by atoms with van der Waals surface area (Å²) >= 11 is 0. The fraction of sp³-hybridized carbons (Fsp3) is 0.385. The maximum absolute atomic E-state index is 11.8. The van der Waals surface area contributed by atoms with Crippen LogP contribution in [-0.4, -0.2) is 25.5 Å². The van der Waals surface area contributed by atoms with Crippen molar-refractivity contribution >= 4 is 11.8 Å². The van der Waals surface area contributed by atoms with Crippen LogP contribution >= 0.6 is 0 Å². The molecule has 1 heterocycles. The summed E-state index contributed by atoms with van der Waals surface area (Å²) in [5.74, 6) is 0.331. The van der Waals surface area contributed by atoms with Crippen LogP contribution in [0.3, 0.4) is 0 Å². The fourth-order valence-electron chi connectivity index (χ4n) is 1.97. The molecule has 0 radical (unpaired) electrons. The van der Waals surface area contributed by atoms with Gasteiger partial charge in [0, 0.05) is 25.1 Å². The second-order valence-corrected chi connectivity index (χ2v) is 4.23. The molecule has 0 aromatic heterocycles. The van der Waals surface area contributed by atoms with E-state index >= 15 is 0 Å². The fourth-order valence-corrected chi connectivity index (χ4v) is 1.97. The van der Waals surface area contributed by atoms with E-state index in [1.807, 2.05) is 24.3 Å². The lowest BCUT2D eigenvalue weighted by Crippen LogP contribution is -2.31. The molecule has 96 valence electrons. The van der Waals surface area contributed by atoms with Crippen molar-refractivity contribution in [1.82, 2.24) is 10.6 Å². The molecule has 1 saturated heterocycles. The Bertz CT molecular complexity index is 459. The van der Waals surface area contributed by atoms with Gasteiger partial charge in [-0.15, -0.1) is 0 Å². The van der Waals surface area contributed by atoms with Crippen molar-refractivity contribution in [3.63, 3.8) is 0 Å². The highest BCUT2D eigenvalue weighted by Crippen LogP contribution is 2.17. The number of nitrogens with one attached hydrogen (secondary N) is 2. The van der Waals surface area contributed by atoms with Crippen molar-refractivity contribution in [3.05, 3.63) is 29.8 Å². The molecule has 0 saturated carbocycles. The number of carbonyl (C=O) groups excluding carboxylic acids is 2. The number of ether oxygens (including phenoxy) is 1. The molecule has 0 spiro atoms. The molecule has 0 aliphatic carbocycles. The quantitative estimate of drug-likeness (QED) is 0.813. The van der Waals surface area contributed by atoms with E-state index in [0.29, 0.717) is 13.1 Å². The van der Waals surface area contributed by atoms with Gasteiger partial charge < -0.3 is 15.4 Å². The summed E-state index contributed by atoms with van der Waals surface area (Å²) in [6.07, 6.45) is 0.276. The number of hydrogen-bond acceptors (Lipinski definition) is 3. The first-order valence-electron chi connectivity index (χ1n) is 5.87. The molecule has 1 aromatic rings. The molecule has 5 nitrogen and oxygen atoms in total. The highest BCUT2D eigenvalue weighted by molar-refractivity contribution is 5.89. The van der Waals surface area contributed by atoms with Crippen LogP contribution in [0, 0.1) is 5.92 Å². The highest BCUT2D eigenvalue weighted by Gasteiger charge is 2.27. The third-order valence-corrected chi connectivity index (χ3v) is 2.99. The molecule has 2 N–H and O–H groups in total. The van der Waals surface area contributed by atoms with Crippen LogP contribution in [0.5, 0.6) is 5.75 Å². The molecule has 5 heteroatoms. The molecule has 1 aliphatic heterocycles. The Morgan fingerprint density at radius 1 is 1.50 bits per heavy atom. The van der Waals surface area contributed by atoms with Gasteiger partial charge in [-0.05, 0) is 6.07 Å². The first-order chi connectivity index (χ1) is 8.70. The second-order valence-electron chi connectivity index (χ2n) is 4.23. The maximum Gasteiger partial charge on any atom is 0.225 e. The zero-order valence-electron chi connectivity index (χ0n) is 10.2. The lowest BCUT2D eigenvalue weighted by atomic mass is 10.1. The number of hydrogen-bond donors (Lipinski definition) is 2. The Balaban J connectivity index is 1.91. The van der Waals surface area contributed by atoms with Crippen LogP contribution < -0.4 is 15.4 Å². The van der Waals surface area contributed by atoms with Crippen LogP contribution in [-0.2, 0) is 16.1 Å². The summed E-state index contributed by atoms with van der Waals surface area (Å²) in [7, 11) is 1.60. The summed E-state index contributed by atoms with van der Waals surface area (Å²) in [6, 6.07) is 7.52. The zero-order valence-corrected chi connectivity index (χ0v) is 10.2. The van der Waals surface area contributed by atoms with Gasteiger partial charge in [-0.3, -0.25) is 9.59 Å². The predicted molar refractivity (Wildman–Crippen MR) is 66.0 cm³/mol. The number of para-hydroxylation sites is 1. The minimum atomic E-state index is -0.257. The Morgan fingerprint density at radius 3 is 2.94 bits per heavy atom. The van der Waals surface area contributed by atoms with E-state index in [-0.39, 0.29) is 24.2 Å². The smallest absolute Gasteiger partial charge is 0.225 e. The normalized spacial score (nSPS) is 18.3. The summed E-state index contributed by atoms with van der Waals surface area (Å²) in [6.45, 7) is 0.837. The Labute approximate surface area is 106 Å². The van der Waals surface area contributed by atoms with Crippen molar-refractivity contribution in [2.75, 3.05) is 13.7 Å². The van der Waals surface area contributed by atoms with E-state index in [2.05, 4.69) is 10.6 Å². The molecule has 1 unspecified atom stereocenters. The first kappa shape index (κ1) is 12.4. The SMILES string of the molecule is COc1ccccc1CNC(=O)C1CNC(=O)C1. The van der Waals surface area contributed by atoms with Gasteiger partial charge in [0.1, 0.15) is 5.75 Å². The van der Waals surface area contributed by atoms with Gasteiger partial charge in [-0.2, -0.15) is 0 Å². The van der Waals surface area contributed by atoms with E-state index in [1.54, 1.807) is 7.11 Å². The summed E-state index contributed by atoms with van der Waals surface area (Å²) in [4.78, 5) is 22.8. The molecule has 1 aromatic carbocycles. The third kappa shape index (κ3) is 2.80. The van der Waals surface area contributed by atoms with Crippen molar-refractivity contribution in [3.8, 4) is 5.75 Å². The number of amides is 2. The van der Waals surface area contributed by atoms with E-state index in [4.69, 9.17) is 4.74 Å². The monoisotopic (exact) mass is 248 g/mol. The van der Waals surface area contributed by atoms with Crippen LogP contribution in [0.2, 0.25) is 0 Å². The minimum Gasteiger partial charge on any atom is -0.496 e. The zero-order chi connectivity index (χ0) is 13.0. The lowest BCUT2D eigenvalue weighted by Gasteiger charge is -2.11. The van der Waals surface area contributed by atoms with Gasteiger partial charge >= 0.3 is 0 Å². The van der Waals surface area contributed by atoms with E-state index in [0.717, 1.165) is 11.3 Å². The Kier molecular flexibility index (Phi) is 3.82. The van der Waals surface area contributed by atoms with Crippen LogP contribution in [0.25, 0.3) is 0 Å². The minimum absolute atomic E-state index is 0.0626. The first-order valence-corrected chi connectivity index (χ1v) is 5.87. The number of rotatable bonds is 4. The summed E-state index contributed by atoms with van der Waals surface area (Å²) in [5, 5.41) is 5.47. The van der Waals surface area contributed by atoms with Crippen molar-refractivity contribution in [2.24, 2.45) is 5.92 Å². The number of carbonyl (C=O) groups is 2. The molecule has 1 atom stereocenters. The van der Waals surface area contributed by atoms with Crippen LogP contribution in [0.15, 0.2) is 24.3 Å². The van der Waals surface area contributed by atoms with Crippen LogP contribution in [0.4, 0.5) is 0 Å². The average Bonchev–Trinajstić information content (AvgIpc) is 2.83. The van der Waals surface area contributed by atoms with E-state index < -0.39 is 0 Å². The van der Waals surface area contributed by atoms with Gasteiger partial charge in [-0.1, -0.05) is 18.2 Å². The van der Waals surface area contributed by atoms with Crippen molar-refractivity contribution in [1.29, 1.82) is 0 Å².